The molecule has 0 unspecified atom stereocenters. The Labute approximate surface area is 120 Å². The predicted octanol–water partition coefficient (Wildman–Crippen LogP) is 5.50. The van der Waals surface area contributed by atoms with Crippen LogP contribution in [-0.4, -0.2) is 12.6 Å². The van der Waals surface area contributed by atoms with Gasteiger partial charge in [-0.25, -0.2) is 0 Å². The molecule has 2 nitrogen and oxygen atoms in total. The first-order valence-corrected chi connectivity index (χ1v) is 8.32. The SMILES string of the molecule is CCCCCCCCCOC(=O)CCCCC(C)C. The maximum Gasteiger partial charge on any atom is 0.305 e. The molecule has 0 fully saturated rings. The molecule has 0 aliphatic rings. The van der Waals surface area contributed by atoms with Crippen molar-refractivity contribution in [2.75, 3.05) is 6.61 Å². The summed E-state index contributed by atoms with van der Waals surface area (Å²) >= 11 is 0. The van der Waals surface area contributed by atoms with E-state index in [2.05, 4.69) is 20.8 Å². The average Bonchev–Trinajstić information content (AvgIpc) is 2.37. The summed E-state index contributed by atoms with van der Waals surface area (Å²) in [5, 5.41) is 0. The van der Waals surface area contributed by atoms with Crippen molar-refractivity contribution in [3.05, 3.63) is 0 Å². The third kappa shape index (κ3) is 15.4. The lowest BCUT2D eigenvalue weighted by molar-refractivity contribution is -0.143. The Bertz CT molecular complexity index is 199. The van der Waals surface area contributed by atoms with Gasteiger partial charge in [-0.2, -0.15) is 0 Å². The summed E-state index contributed by atoms with van der Waals surface area (Å²) in [5.74, 6) is 0.735. The fraction of sp³-hybridized carbons (Fsp3) is 0.941. The van der Waals surface area contributed by atoms with Gasteiger partial charge in [-0.1, -0.05) is 72.1 Å². The van der Waals surface area contributed by atoms with Gasteiger partial charge in [-0.05, 0) is 18.8 Å². The van der Waals surface area contributed by atoms with Gasteiger partial charge in [0.15, 0.2) is 0 Å². The number of esters is 1. The van der Waals surface area contributed by atoms with E-state index in [0.717, 1.165) is 25.2 Å². The summed E-state index contributed by atoms with van der Waals surface area (Å²) in [4.78, 5) is 11.4. The summed E-state index contributed by atoms with van der Waals surface area (Å²) < 4.78 is 5.24. The summed E-state index contributed by atoms with van der Waals surface area (Å²) in [5.41, 5.74) is 0. The molecule has 0 N–H and O–H groups in total. The molecule has 0 rings (SSSR count). The molecule has 0 saturated carbocycles. The molecule has 0 aromatic rings. The van der Waals surface area contributed by atoms with E-state index in [1.807, 2.05) is 0 Å². The van der Waals surface area contributed by atoms with Crippen molar-refractivity contribution in [3.63, 3.8) is 0 Å². The molecular weight excluding hydrogens is 236 g/mol. The van der Waals surface area contributed by atoms with Crippen molar-refractivity contribution < 1.29 is 9.53 Å². The molecule has 19 heavy (non-hydrogen) atoms. The number of hydrogen-bond acceptors (Lipinski definition) is 2. The average molecular weight is 270 g/mol. The summed E-state index contributed by atoms with van der Waals surface area (Å²) in [7, 11) is 0. The van der Waals surface area contributed by atoms with Crippen LogP contribution in [0.2, 0.25) is 0 Å². The number of unbranched alkanes of at least 4 members (excludes halogenated alkanes) is 7. The second-order valence-electron chi connectivity index (χ2n) is 5.98. The molecule has 0 atom stereocenters. The number of ether oxygens (including phenoxy) is 1. The Morgan fingerprint density at radius 3 is 2.16 bits per heavy atom. The zero-order chi connectivity index (χ0) is 14.3. The third-order valence-electron chi connectivity index (χ3n) is 3.42. The lowest BCUT2D eigenvalue weighted by atomic mass is 10.1. The van der Waals surface area contributed by atoms with E-state index >= 15 is 0 Å². The Balaban J connectivity index is 3.16. The molecule has 0 radical (unpaired) electrons. The van der Waals surface area contributed by atoms with Gasteiger partial charge in [0.2, 0.25) is 0 Å². The molecule has 0 aliphatic carbocycles. The van der Waals surface area contributed by atoms with Gasteiger partial charge in [0.25, 0.3) is 0 Å². The van der Waals surface area contributed by atoms with Crippen LogP contribution in [0.15, 0.2) is 0 Å². The third-order valence-corrected chi connectivity index (χ3v) is 3.42. The Hall–Kier alpha value is -0.530. The highest BCUT2D eigenvalue weighted by atomic mass is 16.5. The standard InChI is InChI=1S/C17H34O2/c1-4-5-6-7-8-9-12-15-19-17(18)14-11-10-13-16(2)3/h16H,4-15H2,1-3H3. The summed E-state index contributed by atoms with van der Waals surface area (Å²) in [6, 6.07) is 0. The van der Waals surface area contributed by atoms with E-state index in [-0.39, 0.29) is 5.97 Å². The number of carbonyl (C=O) groups excluding carboxylic acids is 1. The van der Waals surface area contributed by atoms with E-state index in [1.54, 1.807) is 0 Å². The first-order valence-electron chi connectivity index (χ1n) is 8.32. The number of hydrogen-bond donors (Lipinski definition) is 0. The first kappa shape index (κ1) is 18.5. The van der Waals surface area contributed by atoms with Crippen molar-refractivity contribution in [2.45, 2.75) is 91.4 Å². The molecule has 2 heteroatoms. The highest BCUT2D eigenvalue weighted by Gasteiger charge is 2.03. The highest BCUT2D eigenvalue weighted by molar-refractivity contribution is 5.69. The molecule has 0 aromatic carbocycles. The van der Waals surface area contributed by atoms with Gasteiger partial charge in [-0.3, -0.25) is 4.79 Å². The fourth-order valence-corrected chi connectivity index (χ4v) is 2.14. The van der Waals surface area contributed by atoms with Crippen LogP contribution in [0.1, 0.15) is 91.4 Å². The quantitative estimate of drug-likeness (QED) is 0.326. The molecule has 0 amide bonds. The molecule has 0 spiro atoms. The zero-order valence-electron chi connectivity index (χ0n) is 13.4. The van der Waals surface area contributed by atoms with E-state index in [1.165, 1.54) is 44.9 Å². The predicted molar refractivity (Wildman–Crippen MR) is 82.3 cm³/mol. The molecule has 0 bridgehead atoms. The van der Waals surface area contributed by atoms with Gasteiger partial charge >= 0.3 is 5.97 Å². The Morgan fingerprint density at radius 2 is 1.53 bits per heavy atom. The van der Waals surface area contributed by atoms with Crippen molar-refractivity contribution in [3.8, 4) is 0 Å². The summed E-state index contributed by atoms with van der Waals surface area (Å²) in [6.45, 7) is 7.30. The number of carbonyl (C=O) groups is 1. The lowest BCUT2D eigenvalue weighted by Crippen LogP contribution is -2.05. The smallest absolute Gasteiger partial charge is 0.305 e. The van der Waals surface area contributed by atoms with E-state index < -0.39 is 0 Å². The number of rotatable bonds is 13. The van der Waals surface area contributed by atoms with E-state index in [4.69, 9.17) is 4.74 Å². The second kappa shape index (κ2) is 13.9. The molecule has 0 saturated heterocycles. The van der Waals surface area contributed by atoms with E-state index in [9.17, 15) is 4.79 Å². The van der Waals surface area contributed by atoms with Crippen LogP contribution in [-0.2, 0) is 9.53 Å². The summed E-state index contributed by atoms with van der Waals surface area (Å²) in [6.07, 6.45) is 12.8. The second-order valence-corrected chi connectivity index (χ2v) is 5.98. The van der Waals surface area contributed by atoms with Crippen LogP contribution in [0.5, 0.6) is 0 Å². The molecular formula is C17H34O2. The normalized spacial score (nSPS) is 10.9. The van der Waals surface area contributed by atoms with Crippen molar-refractivity contribution in [2.24, 2.45) is 5.92 Å². The minimum atomic E-state index is -0.00487. The zero-order valence-corrected chi connectivity index (χ0v) is 13.4. The van der Waals surface area contributed by atoms with Crippen LogP contribution in [0.4, 0.5) is 0 Å². The monoisotopic (exact) mass is 270 g/mol. The van der Waals surface area contributed by atoms with Crippen LogP contribution < -0.4 is 0 Å². The van der Waals surface area contributed by atoms with Crippen LogP contribution in [0.25, 0.3) is 0 Å². The molecule has 0 heterocycles. The van der Waals surface area contributed by atoms with Gasteiger partial charge in [-0.15, -0.1) is 0 Å². The van der Waals surface area contributed by atoms with Gasteiger partial charge < -0.3 is 4.74 Å². The largest absolute Gasteiger partial charge is 0.466 e. The molecule has 0 aromatic heterocycles. The van der Waals surface area contributed by atoms with Crippen molar-refractivity contribution in [1.82, 2.24) is 0 Å². The van der Waals surface area contributed by atoms with E-state index in [0.29, 0.717) is 13.0 Å². The van der Waals surface area contributed by atoms with Crippen molar-refractivity contribution >= 4 is 5.97 Å². The minimum absolute atomic E-state index is 0.00487. The topological polar surface area (TPSA) is 26.3 Å². The molecule has 0 aliphatic heterocycles. The van der Waals surface area contributed by atoms with Gasteiger partial charge in [0, 0.05) is 6.42 Å². The lowest BCUT2D eigenvalue weighted by Gasteiger charge is -2.06. The molecule has 114 valence electrons. The highest BCUT2D eigenvalue weighted by Crippen LogP contribution is 2.09. The van der Waals surface area contributed by atoms with Crippen LogP contribution in [0.3, 0.4) is 0 Å². The van der Waals surface area contributed by atoms with Crippen molar-refractivity contribution in [1.29, 1.82) is 0 Å². The maximum atomic E-state index is 11.4. The van der Waals surface area contributed by atoms with Crippen LogP contribution in [0, 0.1) is 5.92 Å². The Kier molecular flexibility index (Phi) is 13.5. The van der Waals surface area contributed by atoms with Gasteiger partial charge in [0.05, 0.1) is 6.61 Å². The van der Waals surface area contributed by atoms with Gasteiger partial charge in [0.1, 0.15) is 0 Å². The first-order chi connectivity index (χ1) is 9.16. The van der Waals surface area contributed by atoms with Crippen LogP contribution >= 0.6 is 0 Å². The minimum Gasteiger partial charge on any atom is -0.466 e. The fourth-order valence-electron chi connectivity index (χ4n) is 2.14. The maximum absolute atomic E-state index is 11.4. The Morgan fingerprint density at radius 1 is 0.895 bits per heavy atom.